The monoisotopic (exact) mass is 265 g/mol. The van der Waals surface area contributed by atoms with Crippen molar-refractivity contribution in [3.63, 3.8) is 0 Å². The van der Waals surface area contributed by atoms with E-state index < -0.39 is 0 Å². The first-order valence-corrected chi connectivity index (χ1v) is 5.85. The molecule has 0 fully saturated rings. The molecule has 0 amide bonds. The molecule has 0 atom stereocenters. The van der Waals surface area contributed by atoms with Crippen LogP contribution in [0.4, 0.5) is 4.39 Å². The number of nitriles is 2. The van der Waals surface area contributed by atoms with Gasteiger partial charge in [-0.25, -0.2) is 4.39 Å². The van der Waals surface area contributed by atoms with Crippen LogP contribution in [-0.4, -0.2) is 4.57 Å². The van der Waals surface area contributed by atoms with Crippen molar-refractivity contribution in [3.05, 3.63) is 53.2 Å². The molecule has 4 nitrogen and oxygen atoms in total. The highest BCUT2D eigenvalue weighted by molar-refractivity contribution is 5.88. The van der Waals surface area contributed by atoms with Crippen LogP contribution in [0.1, 0.15) is 16.7 Å². The van der Waals surface area contributed by atoms with Gasteiger partial charge in [0, 0.05) is 11.6 Å². The van der Waals surface area contributed by atoms with E-state index in [2.05, 4.69) is 0 Å². The first kappa shape index (κ1) is 12.0. The van der Waals surface area contributed by atoms with Gasteiger partial charge in [0.05, 0.1) is 17.3 Å². The van der Waals surface area contributed by atoms with Crippen LogP contribution >= 0.6 is 0 Å². The fourth-order valence-corrected chi connectivity index (χ4v) is 2.18. The third-order valence-electron chi connectivity index (χ3n) is 3.19. The van der Waals surface area contributed by atoms with Gasteiger partial charge in [-0.15, -0.1) is 0 Å². The van der Waals surface area contributed by atoms with Gasteiger partial charge in [-0.2, -0.15) is 10.5 Å². The first-order valence-electron chi connectivity index (χ1n) is 5.85. The molecular formula is C15H8FN3O. The molecule has 2 aromatic heterocycles. The summed E-state index contributed by atoms with van der Waals surface area (Å²) < 4.78 is 20.6. The summed E-state index contributed by atoms with van der Waals surface area (Å²) in [5, 5.41) is 18.7. The fraction of sp³-hybridized carbons (Fsp3) is 0.0667. The van der Waals surface area contributed by atoms with E-state index in [0.29, 0.717) is 33.5 Å². The average Bonchev–Trinajstić information content (AvgIpc) is 3.03. The van der Waals surface area contributed by atoms with Gasteiger partial charge in [0.2, 0.25) is 5.88 Å². The van der Waals surface area contributed by atoms with Crippen LogP contribution in [0.3, 0.4) is 0 Å². The maximum atomic E-state index is 13.7. The van der Waals surface area contributed by atoms with Crippen molar-refractivity contribution in [2.24, 2.45) is 0 Å². The summed E-state index contributed by atoms with van der Waals surface area (Å²) in [5.41, 5.74) is 1.78. The first-order chi connectivity index (χ1) is 9.65. The zero-order valence-electron chi connectivity index (χ0n) is 10.5. The third-order valence-corrected chi connectivity index (χ3v) is 3.19. The SMILES string of the molecule is Cc1cc2c(cc1F)c(C#N)cn2-c1occc1C#N. The predicted molar refractivity (Wildman–Crippen MR) is 69.7 cm³/mol. The molecule has 0 aliphatic heterocycles. The van der Waals surface area contributed by atoms with Crippen molar-refractivity contribution < 1.29 is 8.81 Å². The maximum absolute atomic E-state index is 13.7. The second-order valence-electron chi connectivity index (χ2n) is 4.39. The number of furan rings is 1. The van der Waals surface area contributed by atoms with Gasteiger partial charge >= 0.3 is 0 Å². The highest BCUT2D eigenvalue weighted by Crippen LogP contribution is 2.28. The van der Waals surface area contributed by atoms with E-state index in [-0.39, 0.29) is 5.82 Å². The molecule has 3 rings (SSSR count). The van der Waals surface area contributed by atoms with Gasteiger partial charge in [-0.3, -0.25) is 4.57 Å². The Bertz CT molecular complexity index is 906. The topological polar surface area (TPSA) is 65.7 Å². The van der Waals surface area contributed by atoms with Crippen molar-refractivity contribution in [3.8, 4) is 18.0 Å². The Hall–Kier alpha value is -3.05. The highest BCUT2D eigenvalue weighted by atomic mass is 19.1. The molecule has 3 aromatic rings. The van der Waals surface area contributed by atoms with Crippen LogP contribution in [0.5, 0.6) is 0 Å². The Labute approximate surface area is 113 Å². The molecule has 1 aromatic carbocycles. The number of aryl methyl sites for hydroxylation is 1. The number of hydrogen-bond acceptors (Lipinski definition) is 3. The van der Waals surface area contributed by atoms with Gasteiger partial charge in [0.25, 0.3) is 0 Å². The van der Waals surface area contributed by atoms with Crippen molar-refractivity contribution in [2.45, 2.75) is 6.92 Å². The van der Waals surface area contributed by atoms with E-state index in [1.54, 1.807) is 29.8 Å². The molecule has 0 aliphatic carbocycles. The van der Waals surface area contributed by atoms with Crippen molar-refractivity contribution >= 4 is 10.9 Å². The van der Waals surface area contributed by atoms with Crippen molar-refractivity contribution in [1.29, 1.82) is 10.5 Å². The van der Waals surface area contributed by atoms with Gasteiger partial charge in [0.15, 0.2) is 0 Å². The Kier molecular flexibility index (Phi) is 2.55. The van der Waals surface area contributed by atoms with Crippen LogP contribution in [0.15, 0.2) is 35.1 Å². The molecule has 0 aliphatic rings. The number of fused-ring (bicyclic) bond motifs is 1. The lowest BCUT2D eigenvalue weighted by Gasteiger charge is -2.03. The highest BCUT2D eigenvalue weighted by Gasteiger charge is 2.16. The maximum Gasteiger partial charge on any atom is 0.221 e. The number of aromatic nitrogens is 1. The number of hydrogen-bond donors (Lipinski definition) is 0. The summed E-state index contributed by atoms with van der Waals surface area (Å²) in [7, 11) is 0. The van der Waals surface area contributed by atoms with E-state index in [0.717, 1.165) is 0 Å². The van der Waals surface area contributed by atoms with Crippen LogP contribution in [0.25, 0.3) is 16.8 Å². The summed E-state index contributed by atoms with van der Waals surface area (Å²) in [6, 6.07) is 8.55. The third kappa shape index (κ3) is 1.58. The number of rotatable bonds is 1. The summed E-state index contributed by atoms with van der Waals surface area (Å²) in [6.45, 7) is 1.64. The predicted octanol–water partition coefficient (Wildman–Crippen LogP) is 3.41. The van der Waals surface area contributed by atoms with Crippen LogP contribution < -0.4 is 0 Å². The molecule has 5 heteroatoms. The van der Waals surface area contributed by atoms with Gasteiger partial charge in [-0.05, 0) is 30.7 Å². The minimum absolute atomic E-state index is 0.324. The molecule has 0 bridgehead atoms. The largest absolute Gasteiger partial charge is 0.447 e. The summed E-state index contributed by atoms with van der Waals surface area (Å²) in [5.74, 6) is -0.0447. The van der Waals surface area contributed by atoms with Crippen molar-refractivity contribution in [1.82, 2.24) is 4.57 Å². The Morgan fingerprint density at radius 3 is 2.65 bits per heavy atom. The fourth-order valence-electron chi connectivity index (χ4n) is 2.18. The Morgan fingerprint density at radius 1 is 1.20 bits per heavy atom. The molecular weight excluding hydrogens is 257 g/mol. The molecule has 0 N–H and O–H groups in total. The zero-order chi connectivity index (χ0) is 14.3. The lowest BCUT2D eigenvalue weighted by atomic mass is 10.1. The molecule has 0 unspecified atom stereocenters. The van der Waals surface area contributed by atoms with Crippen LogP contribution in [0.2, 0.25) is 0 Å². The normalized spacial score (nSPS) is 10.4. The van der Waals surface area contributed by atoms with E-state index in [4.69, 9.17) is 14.9 Å². The lowest BCUT2D eigenvalue weighted by molar-refractivity contribution is 0.542. The zero-order valence-corrected chi connectivity index (χ0v) is 10.5. The summed E-state index contributed by atoms with van der Waals surface area (Å²) in [4.78, 5) is 0. The van der Waals surface area contributed by atoms with Gasteiger partial charge < -0.3 is 4.42 Å². The minimum Gasteiger partial charge on any atom is -0.447 e. The number of halogens is 1. The summed E-state index contributed by atoms with van der Waals surface area (Å²) >= 11 is 0. The Balaban J connectivity index is 2.41. The molecule has 2 heterocycles. The molecule has 0 saturated carbocycles. The van der Waals surface area contributed by atoms with Gasteiger partial charge in [-0.1, -0.05) is 0 Å². The molecule has 20 heavy (non-hydrogen) atoms. The van der Waals surface area contributed by atoms with E-state index in [1.165, 1.54) is 12.3 Å². The molecule has 0 radical (unpaired) electrons. The Morgan fingerprint density at radius 2 is 1.95 bits per heavy atom. The van der Waals surface area contributed by atoms with Gasteiger partial charge in [0.1, 0.15) is 23.5 Å². The minimum atomic E-state index is -0.369. The van der Waals surface area contributed by atoms with Crippen molar-refractivity contribution in [2.75, 3.05) is 0 Å². The van der Waals surface area contributed by atoms with E-state index in [1.807, 2.05) is 12.1 Å². The second kappa shape index (κ2) is 4.25. The number of nitrogens with zero attached hydrogens (tertiary/aromatic N) is 3. The molecule has 0 saturated heterocycles. The molecule has 0 spiro atoms. The smallest absolute Gasteiger partial charge is 0.221 e. The van der Waals surface area contributed by atoms with Crippen LogP contribution in [-0.2, 0) is 0 Å². The van der Waals surface area contributed by atoms with E-state index in [9.17, 15) is 4.39 Å². The van der Waals surface area contributed by atoms with E-state index >= 15 is 0 Å². The summed E-state index contributed by atoms with van der Waals surface area (Å²) in [6.07, 6.45) is 2.95. The number of benzene rings is 1. The average molecular weight is 265 g/mol. The standard InChI is InChI=1S/C15H8FN3O/c1-9-4-14-12(5-13(9)16)11(7-18)8-19(14)15-10(6-17)2-3-20-15/h2-5,8H,1H3. The lowest BCUT2D eigenvalue weighted by Crippen LogP contribution is -1.93. The molecule has 96 valence electrons. The van der Waals surface area contributed by atoms with Crippen LogP contribution in [0, 0.1) is 35.4 Å². The second-order valence-corrected chi connectivity index (χ2v) is 4.39. The quantitative estimate of drug-likeness (QED) is 0.677.